The Morgan fingerprint density at radius 2 is 1.37 bits per heavy atom. The standard InChI is InChI=1S/C26H23N5O3S/c1-17-4-10-20(11-5-17)31-24(18-6-12-21(32-2)13-7-18)28-30-26(31)35-16-23-27-29-25(34-23)19-8-14-22(33-3)15-9-19/h4-15H,16H2,1-3H3. The Bertz CT molecular complexity index is 1410. The van der Waals surface area contributed by atoms with Gasteiger partial charge in [0.25, 0.3) is 0 Å². The molecule has 5 rings (SSSR count). The minimum absolute atomic E-state index is 0.454. The van der Waals surface area contributed by atoms with Gasteiger partial charge >= 0.3 is 0 Å². The molecule has 0 unspecified atom stereocenters. The lowest BCUT2D eigenvalue weighted by atomic mass is 10.2. The zero-order chi connectivity index (χ0) is 24.2. The van der Waals surface area contributed by atoms with Crippen LogP contribution in [-0.4, -0.2) is 39.2 Å². The molecule has 2 heterocycles. The van der Waals surface area contributed by atoms with E-state index in [1.54, 1.807) is 14.2 Å². The van der Waals surface area contributed by atoms with Crippen molar-refractivity contribution in [3.05, 3.63) is 84.3 Å². The fourth-order valence-corrected chi connectivity index (χ4v) is 4.29. The van der Waals surface area contributed by atoms with Gasteiger partial charge in [0.15, 0.2) is 11.0 Å². The molecular formula is C26H23N5O3S. The molecule has 0 amide bonds. The van der Waals surface area contributed by atoms with Crippen molar-refractivity contribution in [1.82, 2.24) is 25.0 Å². The van der Waals surface area contributed by atoms with Crippen molar-refractivity contribution >= 4 is 11.8 Å². The number of hydrogen-bond donors (Lipinski definition) is 0. The number of methoxy groups -OCH3 is 2. The van der Waals surface area contributed by atoms with Crippen molar-refractivity contribution in [3.63, 3.8) is 0 Å². The quantitative estimate of drug-likeness (QED) is 0.262. The number of hydrogen-bond acceptors (Lipinski definition) is 8. The SMILES string of the molecule is COc1ccc(-c2nnc(CSc3nnc(-c4ccc(OC)cc4)n3-c3ccc(C)cc3)o2)cc1. The van der Waals surface area contributed by atoms with E-state index in [4.69, 9.17) is 13.9 Å². The summed E-state index contributed by atoms with van der Waals surface area (Å²) in [5.74, 6) is 3.72. The van der Waals surface area contributed by atoms with E-state index in [2.05, 4.69) is 51.6 Å². The maximum absolute atomic E-state index is 5.89. The van der Waals surface area contributed by atoms with Crippen molar-refractivity contribution < 1.29 is 13.9 Å². The summed E-state index contributed by atoms with van der Waals surface area (Å²) in [6.45, 7) is 2.06. The van der Waals surface area contributed by atoms with Gasteiger partial charge in [0.2, 0.25) is 11.8 Å². The molecule has 0 saturated carbocycles. The first-order chi connectivity index (χ1) is 17.1. The van der Waals surface area contributed by atoms with E-state index in [0.717, 1.165) is 39.3 Å². The Morgan fingerprint density at radius 1 is 0.743 bits per heavy atom. The van der Waals surface area contributed by atoms with Crippen LogP contribution >= 0.6 is 11.8 Å². The van der Waals surface area contributed by atoms with Gasteiger partial charge in [-0.3, -0.25) is 4.57 Å². The van der Waals surface area contributed by atoms with Crippen molar-refractivity contribution in [1.29, 1.82) is 0 Å². The first kappa shape index (κ1) is 22.7. The summed E-state index contributed by atoms with van der Waals surface area (Å²) in [5, 5.41) is 18.1. The van der Waals surface area contributed by atoms with E-state index in [9.17, 15) is 0 Å². The van der Waals surface area contributed by atoms with Crippen LogP contribution in [-0.2, 0) is 5.75 Å². The van der Waals surface area contributed by atoms with Crippen molar-refractivity contribution in [2.45, 2.75) is 17.8 Å². The summed E-state index contributed by atoms with van der Waals surface area (Å²) >= 11 is 1.49. The molecule has 8 nitrogen and oxygen atoms in total. The van der Waals surface area contributed by atoms with Gasteiger partial charge in [0.05, 0.1) is 20.0 Å². The Morgan fingerprint density at radius 3 is 2.00 bits per heavy atom. The molecule has 176 valence electrons. The predicted octanol–water partition coefficient (Wildman–Crippen LogP) is 5.60. The number of rotatable bonds is 8. The summed E-state index contributed by atoms with van der Waals surface area (Å²) in [7, 11) is 3.28. The summed E-state index contributed by atoms with van der Waals surface area (Å²) < 4.78 is 18.4. The van der Waals surface area contributed by atoms with Gasteiger partial charge in [0, 0.05) is 16.8 Å². The Labute approximate surface area is 206 Å². The minimum Gasteiger partial charge on any atom is -0.497 e. The molecule has 3 aromatic carbocycles. The summed E-state index contributed by atoms with van der Waals surface area (Å²) in [6.07, 6.45) is 0. The maximum Gasteiger partial charge on any atom is 0.247 e. The highest BCUT2D eigenvalue weighted by Gasteiger charge is 2.18. The van der Waals surface area contributed by atoms with Crippen LogP contribution < -0.4 is 9.47 Å². The third kappa shape index (κ3) is 4.90. The second-order valence-corrected chi connectivity index (χ2v) is 8.67. The molecule has 0 radical (unpaired) electrons. The number of benzene rings is 3. The fourth-order valence-electron chi connectivity index (χ4n) is 3.51. The van der Waals surface area contributed by atoms with Crippen LogP contribution in [0.25, 0.3) is 28.5 Å². The molecule has 0 bridgehead atoms. The number of aromatic nitrogens is 5. The van der Waals surface area contributed by atoms with Gasteiger partial charge in [-0.15, -0.1) is 20.4 Å². The van der Waals surface area contributed by atoms with E-state index in [0.29, 0.717) is 17.5 Å². The Kier molecular flexibility index (Phi) is 6.49. The minimum atomic E-state index is 0.454. The van der Waals surface area contributed by atoms with Gasteiger partial charge in [-0.05, 0) is 67.6 Å². The molecule has 0 fully saturated rings. The van der Waals surface area contributed by atoms with E-state index in [-0.39, 0.29) is 0 Å². The molecule has 0 saturated heterocycles. The average Bonchev–Trinajstić information content (AvgIpc) is 3.55. The predicted molar refractivity (Wildman–Crippen MR) is 134 cm³/mol. The van der Waals surface area contributed by atoms with E-state index in [1.807, 2.05) is 53.1 Å². The maximum atomic E-state index is 5.89. The average molecular weight is 486 g/mol. The molecule has 0 aliphatic heterocycles. The van der Waals surface area contributed by atoms with Gasteiger partial charge in [0.1, 0.15) is 11.5 Å². The van der Waals surface area contributed by atoms with Crippen LogP contribution in [0.5, 0.6) is 11.5 Å². The zero-order valence-corrected chi connectivity index (χ0v) is 20.3. The first-order valence-electron chi connectivity index (χ1n) is 10.9. The normalized spacial score (nSPS) is 10.9. The highest BCUT2D eigenvalue weighted by Crippen LogP contribution is 2.31. The summed E-state index contributed by atoms with van der Waals surface area (Å²) in [5.41, 5.74) is 3.92. The second kappa shape index (κ2) is 10.0. The molecular weight excluding hydrogens is 462 g/mol. The summed E-state index contributed by atoms with van der Waals surface area (Å²) in [4.78, 5) is 0. The lowest BCUT2D eigenvalue weighted by Gasteiger charge is -2.11. The van der Waals surface area contributed by atoms with E-state index >= 15 is 0 Å². The summed E-state index contributed by atoms with van der Waals surface area (Å²) in [6, 6.07) is 23.5. The molecule has 35 heavy (non-hydrogen) atoms. The Hall–Kier alpha value is -4.11. The van der Waals surface area contributed by atoms with Gasteiger partial charge < -0.3 is 13.9 Å². The van der Waals surface area contributed by atoms with Crippen LogP contribution in [0, 0.1) is 6.92 Å². The molecule has 0 N–H and O–H groups in total. The third-order valence-corrected chi connectivity index (χ3v) is 6.32. The number of aryl methyl sites for hydroxylation is 1. The highest BCUT2D eigenvalue weighted by molar-refractivity contribution is 7.98. The fraction of sp³-hybridized carbons (Fsp3) is 0.154. The van der Waals surface area contributed by atoms with Crippen molar-refractivity contribution in [3.8, 4) is 40.0 Å². The molecule has 0 aliphatic rings. The smallest absolute Gasteiger partial charge is 0.247 e. The first-order valence-corrected chi connectivity index (χ1v) is 11.9. The van der Waals surface area contributed by atoms with Crippen LogP contribution in [0.1, 0.15) is 11.5 Å². The highest BCUT2D eigenvalue weighted by atomic mass is 32.2. The van der Waals surface area contributed by atoms with Gasteiger partial charge in [-0.2, -0.15) is 0 Å². The number of ether oxygens (including phenoxy) is 2. The Balaban J connectivity index is 1.42. The van der Waals surface area contributed by atoms with Crippen LogP contribution in [0.4, 0.5) is 0 Å². The zero-order valence-electron chi connectivity index (χ0n) is 19.5. The molecule has 0 spiro atoms. The molecule has 5 aromatic rings. The van der Waals surface area contributed by atoms with Gasteiger partial charge in [-0.1, -0.05) is 29.5 Å². The molecule has 2 aromatic heterocycles. The number of nitrogens with zero attached hydrogens (tertiary/aromatic N) is 5. The topological polar surface area (TPSA) is 88.1 Å². The van der Waals surface area contributed by atoms with Crippen molar-refractivity contribution in [2.24, 2.45) is 0 Å². The lowest BCUT2D eigenvalue weighted by Crippen LogP contribution is -2.00. The second-order valence-electron chi connectivity index (χ2n) is 7.72. The van der Waals surface area contributed by atoms with Crippen LogP contribution in [0.15, 0.2) is 82.4 Å². The van der Waals surface area contributed by atoms with Crippen LogP contribution in [0.3, 0.4) is 0 Å². The lowest BCUT2D eigenvalue weighted by molar-refractivity contribution is 0.414. The van der Waals surface area contributed by atoms with Gasteiger partial charge in [-0.25, -0.2) is 0 Å². The number of thioether (sulfide) groups is 1. The van der Waals surface area contributed by atoms with E-state index in [1.165, 1.54) is 17.3 Å². The molecule has 0 atom stereocenters. The third-order valence-electron chi connectivity index (χ3n) is 5.40. The molecule has 0 aliphatic carbocycles. The molecule has 9 heteroatoms. The largest absolute Gasteiger partial charge is 0.497 e. The monoisotopic (exact) mass is 485 g/mol. The van der Waals surface area contributed by atoms with Crippen LogP contribution in [0.2, 0.25) is 0 Å². The van der Waals surface area contributed by atoms with E-state index < -0.39 is 0 Å². The van der Waals surface area contributed by atoms with Crippen molar-refractivity contribution in [2.75, 3.05) is 14.2 Å².